The van der Waals surface area contributed by atoms with Gasteiger partial charge in [0.05, 0.1) is 0 Å². The van der Waals surface area contributed by atoms with Crippen molar-refractivity contribution in [2.24, 2.45) is 0 Å². The number of nitrogens with zero attached hydrogens (tertiary/aromatic N) is 2. The first kappa shape index (κ1) is 19.9. The third-order valence-electron chi connectivity index (χ3n) is 3.76. The fourth-order valence-electron chi connectivity index (χ4n) is 2.35. The standard InChI is InChI=1S/C19H23ClN4O2/c1-13-11-15(20)5-6-16(13)23-18(25)14-7-9-21-17(12-14)19(26)22-8-4-10-24(2)3/h5-7,9,11-12H,4,8,10H2,1-3H3,(H,22,26)(H,23,25). The maximum atomic E-state index is 12.5. The van der Waals surface area contributed by atoms with E-state index in [9.17, 15) is 9.59 Å². The van der Waals surface area contributed by atoms with Gasteiger partial charge in [0.25, 0.3) is 11.8 Å². The van der Waals surface area contributed by atoms with Crippen LogP contribution in [-0.4, -0.2) is 48.9 Å². The molecule has 0 unspecified atom stereocenters. The molecule has 2 aromatic rings. The van der Waals surface area contributed by atoms with Crippen molar-refractivity contribution >= 4 is 29.1 Å². The van der Waals surface area contributed by atoms with Gasteiger partial charge in [0.1, 0.15) is 5.69 Å². The van der Waals surface area contributed by atoms with Crippen molar-refractivity contribution < 1.29 is 9.59 Å². The summed E-state index contributed by atoms with van der Waals surface area (Å²) in [6.07, 6.45) is 2.30. The molecule has 0 saturated heterocycles. The average Bonchev–Trinajstić information content (AvgIpc) is 2.60. The normalized spacial score (nSPS) is 10.7. The molecule has 0 aliphatic carbocycles. The lowest BCUT2D eigenvalue weighted by Gasteiger charge is -2.11. The lowest BCUT2D eigenvalue weighted by Crippen LogP contribution is -2.28. The minimum absolute atomic E-state index is 0.218. The van der Waals surface area contributed by atoms with Crippen LogP contribution >= 0.6 is 11.6 Å². The van der Waals surface area contributed by atoms with Crippen molar-refractivity contribution in [2.45, 2.75) is 13.3 Å². The molecular formula is C19H23ClN4O2. The molecule has 0 spiro atoms. The van der Waals surface area contributed by atoms with Crippen molar-refractivity contribution in [3.63, 3.8) is 0 Å². The Hall–Kier alpha value is -2.44. The van der Waals surface area contributed by atoms with E-state index < -0.39 is 0 Å². The summed E-state index contributed by atoms with van der Waals surface area (Å²) in [7, 11) is 3.96. The van der Waals surface area contributed by atoms with Gasteiger partial charge in [-0.25, -0.2) is 0 Å². The first-order chi connectivity index (χ1) is 12.4. The Kier molecular flexibility index (Phi) is 7.12. The summed E-state index contributed by atoms with van der Waals surface area (Å²) in [5.74, 6) is -0.597. The Morgan fingerprint density at radius 2 is 1.92 bits per heavy atom. The topological polar surface area (TPSA) is 74.3 Å². The van der Waals surface area contributed by atoms with Crippen LogP contribution in [0.25, 0.3) is 0 Å². The van der Waals surface area contributed by atoms with E-state index in [0.717, 1.165) is 18.5 Å². The number of amides is 2. The lowest BCUT2D eigenvalue weighted by atomic mass is 10.1. The van der Waals surface area contributed by atoms with Crippen molar-refractivity contribution in [2.75, 3.05) is 32.5 Å². The summed E-state index contributed by atoms with van der Waals surface area (Å²) in [4.78, 5) is 30.7. The third-order valence-corrected chi connectivity index (χ3v) is 3.99. The van der Waals surface area contributed by atoms with Gasteiger partial charge in [-0.15, -0.1) is 0 Å². The number of pyridine rings is 1. The largest absolute Gasteiger partial charge is 0.351 e. The highest BCUT2D eigenvalue weighted by Crippen LogP contribution is 2.20. The van der Waals surface area contributed by atoms with Gasteiger partial charge in [-0.3, -0.25) is 14.6 Å². The minimum Gasteiger partial charge on any atom is -0.351 e. The Morgan fingerprint density at radius 3 is 2.62 bits per heavy atom. The second-order valence-corrected chi connectivity index (χ2v) is 6.69. The molecule has 0 fully saturated rings. The second-order valence-electron chi connectivity index (χ2n) is 6.26. The maximum absolute atomic E-state index is 12.5. The van der Waals surface area contributed by atoms with Crippen LogP contribution in [-0.2, 0) is 0 Å². The summed E-state index contributed by atoms with van der Waals surface area (Å²) >= 11 is 5.93. The first-order valence-electron chi connectivity index (χ1n) is 8.33. The Balaban J connectivity index is 2.01. The number of hydrogen-bond donors (Lipinski definition) is 2. The fraction of sp³-hybridized carbons (Fsp3) is 0.316. The van der Waals surface area contributed by atoms with E-state index in [1.807, 2.05) is 25.9 Å². The molecule has 1 aromatic heterocycles. The lowest BCUT2D eigenvalue weighted by molar-refractivity contribution is 0.0947. The Morgan fingerprint density at radius 1 is 1.15 bits per heavy atom. The number of rotatable bonds is 7. The van der Waals surface area contributed by atoms with Gasteiger partial charge in [-0.05, 0) is 69.9 Å². The van der Waals surface area contributed by atoms with Crippen LogP contribution in [0, 0.1) is 6.92 Å². The van der Waals surface area contributed by atoms with Gasteiger partial charge in [-0.2, -0.15) is 0 Å². The van der Waals surface area contributed by atoms with E-state index in [2.05, 4.69) is 15.6 Å². The highest BCUT2D eigenvalue weighted by Gasteiger charge is 2.12. The smallest absolute Gasteiger partial charge is 0.269 e. The van der Waals surface area contributed by atoms with Gasteiger partial charge in [0.15, 0.2) is 0 Å². The summed E-state index contributed by atoms with van der Waals surface area (Å²) in [5.41, 5.74) is 2.12. The predicted molar refractivity (Wildman–Crippen MR) is 104 cm³/mol. The molecule has 6 nitrogen and oxygen atoms in total. The van der Waals surface area contributed by atoms with E-state index in [1.54, 1.807) is 24.3 Å². The molecule has 1 heterocycles. The SMILES string of the molecule is Cc1cc(Cl)ccc1NC(=O)c1ccnc(C(=O)NCCCN(C)C)c1. The predicted octanol–water partition coefficient (Wildman–Crippen LogP) is 2.98. The maximum Gasteiger partial charge on any atom is 0.269 e. The molecule has 138 valence electrons. The van der Waals surface area contributed by atoms with E-state index in [4.69, 9.17) is 11.6 Å². The van der Waals surface area contributed by atoms with Crippen molar-refractivity contribution in [1.29, 1.82) is 0 Å². The summed E-state index contributed by atoms with van der Waals surface area (Å²) in [6.45, 7) is 3.30. The van der Waals surface area contributed by atoms with E-state index in [-0.39, 0.29) is 17.5 Å². The van der Waals surface area contributed by atoms with Gasteiger partial charge < -0.3 is 15.5 Å². The molecule has 0 aliphatic rings. The zero-order chi connectivity index (χ0) is 19.1. The third kappa shape index (κ3) is 5.82. The van der Waals surface area contributed by atoms with Gasteiger partial charge in [0, 0.05) is 29.0 Å². The molecule has 2 amide bonds. The number of hydrogen-bond acceptors (Lipinski definition) is 4. The molecule has 0 atom stereocenters. The molecule has 0 bridgehead atoms. The molecule has 7 heteroatoms. The molecular weight excluding hydrogens is 352 g/mol. The molecule has 2 rings (SSSR count). The second kappa shape index (κ2) is 9.31. The van der Waals surface area contributed by atoms with Crippen molar-refractivity contribution in [3.05, 3.63) is 58.4 Å². The average molecular weight is 375 g/mol. The summed E-state index contributed by atoms with van der Waals surface area (Å²) < 4.78 is 0. The highest BCUT2D eigenvalue weighted by molar-refractivity contribution is 6.30. The number of benzene rings is 1. The van der Waals surface area contributed by atoms with Crippen LogP contribution in [0.1, 0.15) is 32.8 Å². The quantitative estimate of drug-likeness (QED) is 0.731. The number of carbonyl (C=O) groups is 2. The van der Waals surface area contributed by atoms with Crippen LogP contribution in [0.4, 0.5) is 5.69 Å². The molecule has 2 N–H and O–H groups in total. The number of nitrogens with one attached hydrogen (secondary N) is 2. The van der Waals surface area contributed by atoms with Crippen molar-refractivity contribution in [3.8, 4) is 0 Å². The van der Waals surface area contributed by atoms with Gasteiger partial charge in [-0.1, -0.05) is 11.6 Å². The highest BCUT2D eigenvalue weighted by atomic mass is 35.5. The van der Waals surface area contributed by atoms with Crippen LogP contribution in [0.15, 0.2) is 36.5 Å². The van der Waals surface area contributed by atoms with E-state index >= 15 is 0 Å². The summed E-state index contributed by atoms with van der Waals surface area (Å²) in [5, 5.41) is 6.24. The van der Waals surface area contributed by atoms with Gasteiger partial charge in [0.2, 0.25) is 0 Å². The van der Waals surface area contributed by atoms with Gasteiger partial charge >= 0.3 is 0 Å². The first-order valence-corrected chi connectivity index (χ1v) is 8.71. The number of aromatic nitrogens is 1. The van der Waals surface area contributed by atoms with E-state index in [0.29, 0.717) is 22.8 Å². The molecule has 0 radical (unpaired) electrons. The Labute approximate surface area is 158 Å². The number of halogens is 1. The molecule has 0 aliphatic heterocycles. The zero-order valence-corrected chi connectivity index (χ0v) is 15.9. The molecule has 0 saturated carbocycles. The molecule has 26 heavy (non-hydrogen) atoms. The zero-order valence-electron chi connectivity index (χ0n) is 15.2. The van der Waals surface area contributed by atoms with Crippen LogP contribution < -0.4 is 10.6 Å². The fourth-order valence-corrected chi connectivity index (χ4v) is 2.57. The van der Waals surface area contributed by atoms with Crippen LogP contribution in [0.2, 0.25) is 5.02 Å². The minimum atomic E-state index is -0.306. The summed E-state index contributed by atoms with van der Waals surface area (Å²) in [6, 6.07) is 8.29. The monoisotopic (exact) mass is 374 g/mol. The van der Waals surface area contributed by atoms with E-state index in [1.165, 1.54) is 12.3 Å². The number of carbonyl (C=O) groups excluding carboxylic acids is 2. The van der Waals surface area contributed by atoms with Crippen LogP contribution in [0.5, 0.6) is 0 Å². The van der Waals surface area contributed by atoms with Crippen LogP contribution in [0.3, 0.4) is 0 Å². The van der Waals surface area contributed by atoms with Crippen molar-refractivity contribution in [1.82, 2.24) is 15.2 Å². The number of aryl methyl sites for hydroxylation is 1. The molecule has 1 aromatic carbocycles. The Bertz CT molecular complexity index is 793. The number of anilines is 1.